The average molecular weight is 310 g/mol. The van der Waals surface area contributed by atoms with Crippen LogP contribution in [0.3, 0.4) is 0 Å². The number of Topliss-reactive ketones (excluding diaryl/α,β-unsaturated/α-hetero) is 2. The summed E-state index contributed by atoms with van der Waals surface area (Å²) in [5.74, 6) is -0.552. The maximum atomic E-state index is 12.5. The predicted molar refractivity (Wildman–Crippen MR) is 86.8 cm³/mol. The molecule has 2 aromatic carbocycles. The normalized spacial score (nSPS) is 14.6. The number of benzene rings is 2. The molecule has 108 valence electrons. The van der Waals surface area contributed by atoms with Gasteiger partial charge in [0, 0.05) is 21.7 Å². The highest BCUT2D eigenvalue weighted by Crippen LogP contribution is 2.25. The van der Waals surface area contributed by atoms with Crippen molar-refractivity contribution in [2.24, 2.45) is 5.73 Å². The van der Waals surface area contributed by atoms with Crippen LogP contribution >= 0.6 is 11.6 Å². The number of carbonyl (C=O) groups excluding carboxylic acids is 2. The van der Waals surface area contributed by atoms with Gasteiger partial charge in [0.05, 0.1) is 5.70 Å². The predicted octanol–water partition coefficient (Wildman–Crippen LogP) is 3.65. The van der Waals surface area contributed by atoms with E-state index in [4.69, 9.17) is 17.3 Å². The molecule has 0 atom stereocenters. The van der Waals surface area contributed by atoms with Crippen LogP contribution in [0.5, 0.6) is 0 Å². The van der Waals surface area contributed by atoms with Crippen molar-refractivity contribution >= 4 is 29.2 Å². The topological polar surface area (TPSA) is 60.2 Å². The Balaban J connectivity index is 2.00. The summed E-state index contributed by atoms with van der Waals surface area (Å²) >= 11 is 5.83. The molecule has 0 heterocycles. The van der Waals surface area contributed by atoms with E-state index in [1.54, 1.807) is 48.6 Å². The van der Waals surface area contributed by atoms with E-state index in [1.165, 1.54) is 0 Å². The van der Waals surface area contributed by atoms with E-state index in [1.807, 2.05) is 12.1 Å². The standard InChI is InChI=1S/C18H12ClNO2/c19-12-8-5-11(6-9-12)7-10-15-16(20)18(22)14-4-2-1-3-13(14)17(15)21/h1-10H,20H2/b10-7+. The third-order valence-corrected chi connectivity index (χ3v) is 3.76. The van der Waals surface area contributed by atoms with Gasteiger partial charge in [-0.15, -0.1) is 0 Å². The second-order valence-corrected chi connectivity index (χ2v) is 5.35. The lowest BCUT2D eigenvalue weighted by atomic mass is 9.87. The van der Waals surface area contributed by atoms with Gasteiger partial charge < -0.3 is 5.73 Å². The smallest absolute Gasteiger partial charge is 0.210 e. The Morgan fingerprint density at radius 3 is 2.05 bits per heavy atom. The Hall–Kier alpha value is -2.65. The van der Waals surface area contributed by atoms with Crippen molar-refractivity contribution in [3.05, 3.63) is 87.6 Å². The van der Waals surface area contributed by atoms with Crippen LogP contribution in [-0.2, 0) is 0 Å². The summed E-state index contributed by atoms with van der Waals surface area (Å²) in [5.41, 5.74) is 7.66. The molecule has 0 aromatic heterocycles. The molecule has 0 aliphatic heterocycles. The van der Waals surface area contributed by atoms with E-state index in [9.17, 15) is 9.59 Å². The summed E-state index contributed by atoms with van der Waals surface area (Å²) in [5, 5.41) is 0.633. The summed E-state index contributed by atoms with van der Waals surface area (Å²) < 4.78 is 0. The Kier molecular flexibility index (Phi) is 3.65. The first-order chi connectivity index (χ1) is 10.6. The minimum atomic E-state index is -0.314. The number of rotatable bonds is 2. The number of fused-ring (bicyclic) bond motifs is 1. The molecule has 4 heteroatoms. The van der Waals surface area contributed by atoms with Gasteiger partial charge in [-0.25, -0.2) is 0 Å². The quantitative estimate of drug-likeness (QED) is 0.921. The van der Waals surface area contributed by atoms with E-state index >= 15 is 0 Å². The minimum absolute atomic E-state index is 0.0195. The second-order valence-electron chi connectivity index (χ2n) is 4.92. The van der Waals surface area contributed by atoms with Gasteiger partial charge in [0.1, 0.15) is 0 Å². The van der Waals surface area contributed by atoms with Gasteiger partial charge >= 0.3 is 0 Å². The Morgan fingerprint density at radius 1 is 0.818 bits per heavy atom. The lowest BCUT2D eigenvalue weighted by Crippen LogP contribution is -2.25. The lowest BCUT2D eigenvalue weighted by molar-refractivity contribution is 0.0976. The molecular formula is C18H12ClNO2. The number of hydrogen-bond donors (Lipinski definition) is 1. The molecule has 0 radical (unpaired) electrons. The zero-order chi connectivity index (χ0) is 15.7. The molecule has 2 aromatic rings. The van der Waals surface area contributed by atoms with Gasteiger partial charge in [-0.3, -0.25) is 9.59 Å². The number of allylic oxidation sites excluding steroid dienone is 3. The second kappa shape index (κ2) is 5.62. The highest BCUT2D eigenvalue weighted by atomic mass is 35.5. The van der Waals surface area contributed by atoms with Crippen LogP contribution < -0.4 is 5.73 Å². The van der Waals surface area contributed by atoms with E-state index < -0.39 is 0 Å². The first-order valence-electron chi connectivity index (χ1n) is 6.70. The lowest BCUT2D eigenvalue weighted by Gasteiger charge is -2.16. The minimum Gasteiger partial charge on any atom is -0.395 e. The van der Waals surface area contributed by atoms with Gasteiger partial charge in [0.2, 0.25) is 5.78 Å². The molecule has 0 spiro atoms. The number of nitrogens with two attached hydrogens (primary N) is 1. The zero-order valence-corrected chi connectivity index (χ0v) is 12.3. The van der Waals surface area contributed by atoms with Gasteiger partial charge in [-0.2, -0.15) is 0 Å². The fourth-order valence-corrected chi connectivity index (χ4v) is 2.46. The van der Waals surface area contributed by atoms with Crippen LogP contribution in [0.25, 0.3) is 6.08 Å². The number of hydrogen-bond acceptors (Lipinski definition) is 3. The van der Waals surface area contributed by atoms with E-state index in [0.717, 1.165) is 5.56 Å². The third-order valence-electron chi connectivity index (χ3n) is 3.51. The van der Waals surface area contributed by atoms with E-state index in [2.05, 4.69) is 0 Å². The molecular weight excluding hydrogens is 298 g/mol. The molecule has 0 saturated heterocycles. The van der Waals surface area contributed by atoms with Crippen molar-refractivity contribution in [2.45, 2.75) is 0 Å². The third kappa shape index (κ3) is 2.47. The van der Waals surface area contributed by atoms with Crippen LogP contribution in [-0.4, -0.2) is 11.6 Å². The molecule has 0 amide bonds. The summed E-state index contributed by atoms with van der Waals surface area (Å²) in [6.45, 7) is 0. The molecule has 2 N–H and O–H groups in total. The van der Waals surface area contributed by atoms with Gasteiger partial charge in [0.25, 0.3) is 0 Å². The first-order valence-corrected chi connectivity index (χ1v) is 7.07. The summed E-state index contributed by atoms with van der Waals surface area (Å²) in [7, 11) is 0. The number of ketones is 2. The van der Waals surface area contributed by atoms with Crippen LogP contribution in [0.15, 0.2) is 65.9 Å². The molecule has 1 aliphatic rings. The molecule has 1 aliphatic carbocycles. The zero-order valence-electron chi connectivity index (χ0n) is 11.5. The van der Waals surface area contributed by atoms with Crippen molar-refractivity contribution in [1.82, 2.24) is 0 Å². The van der Waals surface area contributed by atoms with Crippen molar-refractivity contribution in [2.75, 3.05) is 0 Å². The fourth-order valence-electron chi connectivity index (χ4n) is 2.33. The van der Waals surface area contributed by atoms with Crippen LogP contribution in [0.4, 0.5) is 0 Å². The Bertz CT molecular complexity index is 832. The molecule has 3 rings (SSSR count). The monoisotopic (exact) mass is 309 g/mol. The van der Waals surface area contributed by atoms with Gasteiger partial charge in [-0.1, -0.05) is 54.1 Å². The van der Waals surface area contributed by atoms with Crippen LogP contribution in [0.2, 0.25) is 5.02 Å². The van der Waals surface area contributed by atoms with Crippen molar-refractivity contribution in [3.63, 3.8) is 0 Å². The van der Waals surface area contributed by atoms with E-state index in [0.29, 0.717) is 16.1 Å². The molecule has 0 saturated carbocycles. The molecule has 22 heavy (non-hydrogen) atoms. The maximum absolute atomic E-state index is 12.5. The van der Waals surface area contributed by atoms with Crippen molar-refractivity contribution in [3.8, 4) is 0 Å². The van der Waals surface area contributed by atoms with Gasteiger partial charge in [0.15, 0.2) is 5.78 Å². The van der Waals surface area contributed by atoms with E-state index in [-0.39, 0.29) is 22.8 Å². The van der Waals surface area contributed by atoms with Crippen molar-refractivity contribution in [1.29, 1.82) is 0 Å². The maximum Gasteiger partial charge on any atom is 0.210 e. The molecule has 0 unspecified atom stereocenters. The summed E-state index contributed by atoms with van der Waals surface area (Å²) in [4.78, 5) is 24.7. The molecule has 0 bridgehead atoms. The number of carbonyl (C=O) groups is 2. The molecule has 3 nitrogen and oxygen atoms in total. The highest BCUT2D eigenvalue weighted by molar-refractivity contribution is 6.30. The summed E-state index contributed by atoms with van der Waals surface area (Å²) in [6, 6.07) is 13.8. The van der Waals surface area contributed by atoms with Gasteiger partial charge in [-0.05, 0) is 23.8 Å². The van der Waals surface area contributed by atoms with Crippen molar-refractivity contribution < 1.29 is 9.59 Å². The first kappa shape index (κ1) is 14.3. The SMILES string of the molecule is NC1=C(/C=C/c2ccc(Cl)cc2)C(=O)c2ccccc2C1=O. The number of halogens is 1. The fraction of sp³-hybridized carbons (Fsp3) is 0. The molecule has 0 fully saturated rings. The Morgan fingerprint density at radius 2 is 1.41 bits per heavy atom. The van der Waals surface area contributed by atoms with Crippen LogP contribution in [0.1, 0.15) is 26.3 Å². The summed E-state index contributed by atoms with van der Waals surface area (Å²) in [6.07, 6.45) is 3.31. The van der Waals surface area contributed by atoms with Crippen LogP contribution in [0, 0.1) is 0 Å². The Labute approximate surface area is 132 Å². The largest absolute Gasteiger partial charge is 0.395 e. The highest BCUT2D eigenvalue weighted by Gasteiger charge is 2.28. The average Bonchev–Trinajstić information content (AvgIpc) is 2.54.